The van der Waals surface area contributed by atoms with Gasteiger partial charge in [-0.05, 0) is 0 Å². The molecule has 4 saturated heterocycles. The van der Waals surface area contributed by atoms with Gasteiger partial charge in [-0.2, -0.15) is 0 Å². The maximum atomic E-state index is 10.9. The van der Waals surface area contributed by atoms with E-state index in [1.165, 1.54) is 14.0 Å². The molecule has 0 spiro atoms. The fourth-order valence-electron chi connectivity index (χ4n) is 5.94. The lowest BCUT2D eigenvalue weighted by atomic mass is 9.91. The Bertz CT molecular complexity index is 926. The molecule has 4 fully saturated rings. The van der Waals surface area contributed by atoms with E-state index in [1.807, 2.05) is 0 Å². The van der Waals surface area contributed by atoms with Gasteiger partial charge in [-0.25, -0.2) is 0 Å². The van der Waals surface area contributed by atoms with Crippen molar-refractivity contribution >= 4 is 0 Å². The average molecular weight is 679 g/mol. The third kappa shape index (κ3) is 7.51. The highest BCUT2D eigenvalue weighted by molar-refractivity contribution is 4.97. The molecule has 13 unspecified atom stereocenters. The van der Waals surface area contributed by atoms with Crippen molar-refractivity contribution in [2.45, 2.75) is 124 Å². The number of hydrogen-bond acceptors (Lipinski definition) is 20. The summed E-state index contributed by atoms with van der Waals surface area (Å²) in [6, 6.07) is 0. The van der Waals surface area contributed by atoms with Crippen LogP contribution in [-0.4, -0.2) is 212 Å². The number of ether oxygens (including phenoxy) is 8. The lowest BCUT2D eigenvalue weighted by molar-refractivity contribution is -0.387. The maximum Gasteiger partial charge on any atom is 0.187 e. The van der Waals surface area contributed by atoms with Gasteiger partial charge in [0.25, 0.3) is 0 Å². The van der Waals surface area contributed by atoms with E-state index in [2.05, 4.69) is 0 Å². The quantitative estimate of drug-likeness (QED) is 0.0965. The average Bonchev–Trinajstić information content (AvgIpc) is 3.05. The van der Waals surface area contributed by atoms with Crippen LogP contribution in [0.2, 0.25) is 0 Å². The molecular weight excluding hydrogens is 632 g/mol. The molecule has 0 aromatic carbocycles. The molecule has 46 heavy (non-hydrogen) atoms. The van der Waals surface area contributed by atoms with Crippen molar-refractivity contribution in [3.8, 4) is 0 Å². The Balaban J connectivity index is 1.43. The highest BCUT2D eigenvalue weighted by Gasteiger charge is 2.55. The normalized spacial score (nSPS) is 52.0. The molecule has 0 aromatic rings. The molecule has 0 aromatic heterocycles. The minimum atomic E-state index is -1.96. The maximum absolute atomic E-state index is 10.9. The molecular formula is C26H46O20. The number of methoxy groups -OCH3 is 1. The summed E-state index contributed by atoms with van der Waals surface area (Å²) in [5, 5.41) is 124. The molecule has 20 heteroatoms. The molecule has 4 heterocycles. The number of aliphatic hydroxyl groups is 12. The van der Waals surface area contributed by atoms with Gasteiger partial charge in [-0.3, -0.25) is 0 Å². The van der Waals surface area contributed by atoms with Gasteiger partial charge in [-0.15, -0.1) is 0 Å². The molecule has 20 atom stereocenters. The summed E-state index contributed by atoms with van der Waals surface area (Å²) >= 11 is 0. The minimum Gasteiger partial charge on any atom is -0.394 e. The SMILES string of the molecule is CO[C@@H]1OC(CO)[C@@H](O[C@@H]2OC(CO)[C@@H](O[C@@H]3OC(CO)[C@@H](O[C@@H]4OC(CO)C(C)C(O)C4O)C(O)C3O)C(O)C2O)C(O)C1O. The highest BCUT2D eigenvalue weighted by atomic mass is 16.8. The topological polar surface area (TPSA) is 317 Å². The monoisotopic (exact) mass is 678 g/mol. The van der Waals surface area contributed by atoms with Gasteiger partial charge in [0, 0.05) is 13.0 Å². The van der Waals surface area contributed by atoms with Gasteiger partial charge in [0.1, 0.15) is 79.4 Å². The molecule has 4 aliphatic rings. The summed E-state index contributed by atoms with van der Waals surface area (Å²) in [6.07, 6.45) is -30.5. The van der Waals surface area contributed by atoms with Gasteiger partial charge in [0.15, 0.2) is 25.2 Å². The summed E-state index contributed by atoms with van der Waals surface area (Å²) in [7, 11) is 1.20. The zero-order valence-electron chi connectivity index (χ0n) is 25.0. The Labute approximate surface area is 262 Å². The molecule has 0 aliphatic carbocycles. The van der Waals surface area contributed by atoms with Crippen LogP contribution in [-0.2, 0) is 37.9 Å². The third-order valence-electron chi connectivity index (χ3n) is 8.81. The molecule has 4 rings (SSSR count). The van der Waals surface area contributed by atoms with Gasteiger partial charge in [0.05, 0.1) is 38.6 Å². The number of hydrogen-bond donors (Lipinski definition) is 12. The fourth-order valence-corrected chi connectivity index (χ4v) is 5.94. The van der Waals surface area contributed by atoms with E-state index >= 15 is 0 Å². The summed E-state index contributed by atoms with van der Waals surface area (Å²) < 4.78 is 43.7. The van der Waals surface area contributed by atoms with Crippen LogP contribution in [0.1, 0.15) is 6.92 Å². The van der Waals surface area contributed by atoms with Crippen LogP contribution in [0.3, 0.4) is 0 Å². The molecule has 0 saturated carbocycles. The Morgan fingerprint density at radius 3 is 1.02 bits per heavy atom. The molecule has 0 amide bonds. The Kier molecular flexibility index (Phi) is 13.4. The molecule has 20 nitrogen and oxygen atoms in total. The van der Waals surface area contributed by atoms with Crippen LogP contribution in [0, 0.1) is 5.92 Å². The van der Waals surface area contributed by atoms with E-state index in [0.29, 0.717) is 0 Å². The summed E-state index contributed by atoms with van der Waals surface area (Å²) in [6.45, 7) is -1.41. The molecule has 4 aliphatic heterocycles. The van der Waals surface area contributed by atoms with E-state index in [4.69, 9.17) is 37.9 Å². The Hall–Kier alpha value is -0.800. The first-order valence-corrected chi connectivity index (χ1v) is 14.8. The van der Waals surface area contributed by atoms with Crippen molar-refractivity contribution in [3.63, 3.8) is 0 Å². The first-order valence-electron chi connectivity index (χ1n) is 14.8. The van der Waals surface area contributed by atoms with Crippen molar-refractivity contribution in [1.82, 2.24) is 0 Å². The zero-order valence-corrected chi connectivity index (χ0v) is 25.0. The second kappa shape index (κ2) is 16.3. The van der Waals surface area contributed by atoms with Gasteiger partial charge < -0.3 is 99.2 Å². The first kappa shape index (κ1) is 38.0. The van der Waals surface area contributed by atoms with Crippen LogP contribution in [0.5, 0.6) is 0 Å². The van der Waals surface area contributed by atoms with Crippen molar-refractivity contribution in [1.29, 1.82) is 0 Å². The van der Waals surface area contributed by atoms with Gasteiger partial charge in [0.2, 0.25) is 0 Å². The number of aliphatic hydroxyl groups excluding tert-OH is 12. The lowest BCUT2D eigenvalue weighted by Gasteiger charge is -2.49. The fraction of sp³-hybridized carbons (Fsp3) is 1.00. The minimum absolute atomic E-state index is 0.528. The second-order valence-corrected chi connectivity index (χ2v) is 11.7. The van der Waals surface area contributed by atoms with Crippen molar-refractivity contribution in [2.75, 3.05) is 33.5 Å². The standard InChI is InChI=1S/C26H46O20/c1-7-8(3-27)40-24(16(35)12(7)31)44-21-10(5-29)42-26(18(37)14(21)33)46-22-11(6-30)43-25(19(38)15(22)34)45-20-9(4-28)41-23(39-2)17(36)13(20)32/h7-38H,3-6H2,1-2H3/t7?,8?,9?,10?,11?,12?,13?,14?,15?,16?,17?,18?,19?,20-,21-,22-,23-,24+,25+,26+/m1/s1. The molecule has 0 radical (unpaired) electrons. The van der Waals surface area contributed by atoms with Crippen LogP contribution >= 0.6 is 0 Å². The highest BCUT2D eigenvalue weighted by Crippen LogP contribution is 2.34. The second-order valence-electron chi connectivity index (χ2n) is 11.7. The predicted molar refractivity (Wildman–Crippen MR) is 142 cm³/mol. The van der Waals surface area contributed by atoms with Crippen molar-refractivity contribution < 1.29 is 99.2 Å². The van der Waals surface area contributed by atoms with Crippen molar-refractivity contribution in [3.05, 3.63) is 0 Å². The lowest BCUT2D eigenvalue weighted by Crippen LogP contribution is -2.67. The van der Waals surface area contributed by atoms with Crippen LogP contribution in [0.25, 0.3) is 0 Å². The van der Waals surface area contributed by atoms with Gasteiger partial charge in [-0.1, -0.05) is 6.92 Å². The van der Waals surface area contributed by atoms with Crippen LogP contribution in [0.15, 0.2) is 0 Å². The summed E-state index contributed by atoms with van der Waals surface area (Å²) in [4.78, 5) is 0. The van der Waals surface area contributed by atoms with E-state index < -0.39 is 149 Å². The van der Waals surface area contributed by atoms with Crippen LogP contribution in [0.4, 0.5) is 0 Å². The van der Waals surface area contributed by atoms with E-state index in [9.17, 15) is 61.3 Å². The largest absolute Gasteiger partial charge is 0.394 e. The van der Waals surface area contributed by atoms with Gasteiger partial charge >= 0.3 is 0 Å². The molecule has 0 bridgehead atoms. The predicted octanol–water partition coefficient (Wildman–Crippen LogP) is -7.82. The first-order chi connectivity index (χ1) is 21.8. The van der Waals surface area contributed by atoms with Crippen molar-refractivity contribution in [2.24, 2.45) is 5.92 Å². The third-order valence-corrected chi connectivity index (χ3v) is 8.81. The van der Waals surface area contributed by atoms with E-state index in [-0.39, 0.29) is 0 Å². The summed E-state index contributed by atoms with van der Waals surface area (Å²) in [5.74, 6) is -0.680. The Morgan fingerprint density at radius 2 is 0.696 bits per heavy atom. The molecule has 270 valence electrons. The number of rotatable bonds is 11. The van der Waals surface area contributed by atoms with E-state index in [1.54, 1.807) is 0 Å². The van der Waals surface area contributed by atoms with E-state index in [0.717, 1.165) is 0 Å². The van der Waals surface area contributed by atoms with Crippen LogP contribution < -0.4 is 0 Å². The summed E-state index contributed by atoms with van der Waals surface area (Å²) in [5.41, 5.74) is 0. The molecule has 12 N–H and O–H groups in total. The Morgan fingerprint density at radius 1 is 0.413 bits per heavy atom. The smallest absolute Gasteiger partial charge is 0.187 e. The zero-order chi connectivity index (χ0) is 34.0.